The predicted octanol–water partition coefficient (Wildman–Crippen LogP) is 3.50. The van der Waals surface area contributed by atoms with Gasteiger partial charge >= 0.3 is 6.03 Å². The number of H-pyrrole nitrogens is 1. The minimum absolute atomic E-state index is 0.0000410. The average Bonchev–Trinajstić information content (AvgIpc) is 3.39. The standard InChI is InChI=1S/C26H36N8O3/c1-15(2)34-21(8-10-29-34)25(35)31-20(14-37-16(3)4)24-30-19-12-18(13-28-23(19)32-24)22(17-6-7-17)33-11-5-9-27-26(33)36/h8,10,12-13,15-17,20,22H,5-7,9,11,14H2,1-4H3,(H,27,36)(H,31,35)(H,28,30,32). The minimum atomic E-state index is -0.504. The highest BCUT2D eigenvalue weighted by Gasteiger charge is 2.39. The number of fused-ring (bicyclic) bond motifs is 1. The highest BCUT2D eigenvalue weighted by Crippen LogP contribution is 2.45. The number of hydrogen-bond acceptors (Lipinski definition) is 6. The van der Waals surface area contributed by atoms with E-state index in [2.05, 4.69) is 25.7 Å². The van der Waals surface area contributed by atoms with Crippen molar-refractivity contribution < 1.29 is 14.3 Å². The first kappa shape index (κ1) is 25.2. The third-order valence-electron chi connectivity index (χ3n) is 6.86. The van der Waals surface area contributed by atoms with Crippen molar-refractivity contribution in [2.24, 2.45) is 5.92 Å². The third-order valence-corrected chi connectivity index (χ3v) is 6.86. The van der Waals surface area contributed by atoms with Crippen molar-refractivity contribution in [1.29, 1.82) is 0 Å². The zero-order valence-corrected chi connectivity index (χ0v) is 21.9. The second kappa shape index (κ2) is 10.5. The molecule has 3 amide bonds. The van der Waals surface area contributed by atoms with E-state index in [1.165, 1.54) is 0 Å². The Morgan fingerprint density at radius 2 is 2.08 bits per heavy atom. The first-order valence-electron chi connectivity index (χ1n) is 13.2. The molecule has 0 bridgehead atoms. The molecule has 1 aliphatic carbocycles. The molecule has 5 rings (SSSR count). The van der Waals surface area contributed by atoms with Crippen LogP contribution in [0.1, 0.15) is 87.0 Å². The van der Waals surface area contributed by atoms with Gasteiger partial charge in [0.2, 0.25) is 0 Å². The molecule has 11 heteroatoms. The van der Waals surface area contributed by atoms with Crippen molar-refractivity contribution in [2.45, 2.75) is 71.2 Å². The van der Waals surface area contributed by atoms with Crippen molar-refractivity contribution in [3.05, 3.63) is 41.6 Å². The summed E-state index contributed by atoms with van der Waals surface area (Å²) in [6.45, 7) is 9.58. The van der Waals surface area contributed by atoms with Gasteiger partial charge in [0.1, 0.15) is 17.6 Å². The maximum absolute atomic E-state index is 13.2. The zero-order chi connectivity index (χ0) is 26.1. The van der Waals surface area contributed by atoms with Gasteiger partial charge in [0, 0.05) is 31.5 Å². The van der Waals surface area contributed by atoms with Crippen molar-refractivity contribution in [3.8, 4) is 0 Å². The Morgan fingerprint density at radius 3 is 2.78 bits per heavy atom. The second-order valence-corrected chi connectivity index (χ2v) is 10.5. The topological polar surface area (TPSA) is 130 Å². The Kier molecular flexibility index (Phi) is 7.14. The van der Waals surface area contributed by atoms with Crippen LogP contribution in [-0.4, -0.2) is 67.4 Å². The summed E-state index contributed by atoms with van der Waals surface area (Å²) in [5.74, 6) is 0.772. The largest absolute Gasteiger partial charge is 0.376 e. The fourth-order valence-corrected chi connectivity index (χ4v) is 4.91. The smallest absolute Gasteiger partial charge is 0.317 e. The summed E-state index contributed by atoms with van der Waals surface area (Å²) in [5, 5.41) is 10.3. The fourth-order valence-electron chi connectivity index (χ4n) is 4.91. The molecule has 1 saturated carbocycles. The molecular formula is C26H36N8O3. The lowest BCUT2D eigenvalue weighted by atomic mass is 10.0. The van der Waals surface area contributed by atoms with Gasteiger partial charge in [-0.05, 0) is 70.6 Å². The molecule has 1 saturated heterocycles. The molecule has 3 N–H and O–H groups in total. The fraction of sp³-hybridized carbons (Fsp3) is 0.577. The molecule has 1 aliphatic heterocycles. The Morgan fingerprint density at radius 1 is 1.27 bits per heavy atom. The van der Waals surface area contributed by atoms with Crippen LogP contribution in [0.4, 0.5) is 4.79 Å². The van der Waals surface area contributed by atoms with Gasteiger partial charge in [0.25, 0.3) is 5.91 Å². The van der Waals surface area contributed by atoms with E-state index in [9.17, 15) is 9.59 Å². The molecule has 11 nitrogen and oxygen atoms in total. The number of rotatable bonds is 10. The first-order valence-corrected chi connectivity index (χ1v) is 13.2. The average molecular weight is 509 g/mol. The Bertz CT molecular complexity index is 1260. The summed E-state index contributed by atoms with van der Waals surface area (Å²) in [6, 6.07) is 3.28. The van der Waals surface area contributed by atoms with E-state index in [4.69, 9.17) is 9.72 Å². The number of aromatic amines is 1. The van der Waals surface area contributed by atoms with Gasteiger partial charge in [0.05, 0.1) is 24.3 Å². The lowest BCUT2D eigenvalue weighted by molar-refractivity contribution is 0.0552. The van der Waals surface area contributed by atoms with Crippen molar-refractivity contribution in [2.75, 3.05) is 19.7 Å². The molecule has 2 atom stereocenters. The summed E-state index contributed by atoms with van der Waals surface area (Å²) in [4.78, 5) is 40.4. The number of carbonyl (C=O) groups is 2. The van der Waals surface area contributed by atoms with E-state index < -0.39 is 6.04 Å². The van der Waals surface area contributed by atoms with Gasteiger partial charge in [-0.3, -0.25) is 9.48 Å². The molecule has 37 heavy (non-hydrogen) atoms. The van der Waals surface area contributed by atoms with Crippen molar-refractivity contribution in [3.63, 3.8) is 0 Å². The summed E-state index contributed by atoms with van der Waals surface area (Å²) >= 11 is 0. The number of carbonyl (C=O) groups excluding carboxylic acids is 2. The quantitative estimate of drug-likeness (QED) is 0.384. The summed E-state index contributed by atoms with van der Waals surface area (Å²) in [6.07, 6.45) is 6.59. The van der Waals surface area contributed by atoms with Gasteiger partial charge in [-0.1, -0.05) is 0 Å². The van der Waals surface area contributed by atoms with Crippen LogP contribution in [0.2, 0.25) is 0 Å². The zero-order valence-electron chi connectivity index (χ0n) is 21.9. The number of imidazole rings is 1. The van der Waals surface area contributed by atoms with Crippen LogP contribution in [0.15, 0.2) is 24.5 Å². The number of nitrogens with zero attached hydrogens (tertiary/aromatic N) is 5. The number of nitrogens with one attached hydrogen (secondary N) is 3. The Hall–Kier alpha value is -3.47. The Labute approximate surface area is 216 Å². The highest BCUT2D eigenvalue weighted by molar-refractivity contribution is 5.92. The van der Waals surface area contributed by atoms with Crippen LogP contribution in [0.25, 0.3) is 11.2 Å². The molecular weight excluding hydrogens is 472 g/mol. The number of aromatic nitrogens is 5. The van der Waals surface area contributed by atoms with Gasteiger partial charge in [-0.25, -0.2) is 14.8 Å². The van der Waals surface area contributed by atoms with Gasteiger partial charge in [-0.15, -0.1) is 0 Å². The van der Waals surface area contributed by atoms with Crippen LogP contribution >= 0.6 is 0 Å². The van der Waals surface area contributed by atoms with Crippen LogP contribution in [0, 0.1) is 5.92 Å². The second-order valence-electron chi connectivity index (χ2n) is 10.5. The summed E-state index contributed by atoms with van der Waals surface area (Å²) in [5.41, 5.74) is 2.81. The van der Waals surface area contributed by atoms with E-state index in [1.54, 1.807) is 16.9 Å². The normalized spacial score (nSPS) is 17.9. The molecule has 3 aromatic heterocycles. The van der Waals surface area contributed by atoms with Crippen LogP contribution in [-0.2, 0) is 4.74 Å². The van der Waals surface area contributed by atoms with E-state index in [0.29, 0.717) is 23.1 Å². The SMILES string of the molecule is CC(C)OCC(NC(=O)c1ccnn1C(C)C)c1nc2ncc(C(C3CC3)N3CCCNC3=O)cc2[nH]1. The van der Waals surface area contributed by atoms with Crippen molar-refractivity contribution >= 4 is 23.1 Å². The lowest BCUT2D eigenvalue weighted by Gasteiger charge is -2.35. The van der Waals surface area contributed by atoms with Crippen LogP contribution in [0.3, 0.4) is 0 Å². The van der Waals surface area contributed by atoms with Gasteiger partial charge in [-0.2, -0.15) is 5.10 Å². The number of hydrogen-bond donors (Lipinski definition) is 3. The van der Waals surface area contributed by atoms with E-state index >= 15 is 0 Å². The monoisotopic (exact) mass is 508 g/mol. The summed E-state index contributed by atoms with van der Waals surface area (Å²) in [7, 11) is 0. The van der Waals surface area contributed by atoms with Crippen molar-refractivity contribution in [1.82, 2.24) is 40.3 Å². The minimum Gasteiger partial charge on any atom is -0.376 e. The molecule has 2 fully saturated rings. The van der Waals surface area contributed by atoms with Crippen LogP contribution < -0.4 is 10.6 Å². The Balaban J connectivity index is 1.42. The molecule has 3 aromatic rings. The molecule has 0 spiro atoms. The summed E-state index contributed by atoms with van der Waals surface area (Å²) < 4.78 is 7.57. The van der Waals surface area contributed by atoms with E-state index in [0.717, 1.165) is 43.4 Å². The van der Waals surface area contributed by atoms with Gasteiger partial charge < -0.3 is 25.3 Å². The number of amides is 3. The van der Waals surface area contributed by atoms with Gasteiger partial charge in [0.15, 0.2) is 5.65 Å². The molecule has 198 valence electrons. The lowest BCUT2D eigenvalue weighted by Crippen LogP contribution is -2.48. The molecule has 2 unspecified atom stereocenters. The predicted molar refractivity (Wildman–Crippen MR) is 138 cm³/mol. The molecule has 0 radical (unpaired) electrons. The molecule has 4 heterocycles. The molecule has 0 aromatic carbocycles. The highest BCUT2D eigenvalue weighted by atomic mass is 16.5. The van der Waals surface area contributed by atoms with Crippen LogP contribution in [0.5, 0.6) is 0 Å². The van der Waals surface area contributed by atoms with E-state index in [1.807, 2.05) is 44.9 Å². The third kappa shape index (κ3) is 5.46. The maximum Gasteiger partial charge on any atom is 0.317 e. The maximum atomic E-state index is 13.2. The number of pyridine rings is 1. The van der Waals surface area contributed by atoms with E-state index in [-0.39, 0.29) is 36.7 Å². The first-order chi connectivity index (χ1) is 17.8. The molecule has 2 aliphatic rings. The number of urea groups is 1. The number of ether oxygens (including phenoxy) is 1.